The van der Waals surface area contributed by atoms with E-state index in [2.05, 4.69) is 20.5 Å². The normalized spacial score (nSPS) is 21.4. The quantitative estimate of drug-likeness (QED) is 0.642. The molecule has 1 aromatic carbocycles. The molecule has 2 fully saturated rings. The molecule has 2 aliphatic rings. The second kappa shape index (κ2) is 10.4. The Hall–Kier alpha value is -3.14. The third-order valence-corrected chi connectivity index (χ3v) is 6.22. The largest absolute Gasteiger partial charge is 0.474 e. The van der Waals surface area contributed by atoms with Crippen LogP contribution in [0.15, 0.2) is 48.7 Å². The van der Waals surface area contributed by atoms with Gasteiger partial charge >= 0.3 is 6.18 Å². The number of likely N-dealkylation sites (tertiary alicyclic amines) is 1. The molecule has 1 aromatic heterocycles. The highest BCUT2D eigenvalue weighted by Gasteiger charge is 2.35. The van der Waals surface area contributed by atoms with Crippen molar-refractivity contribution in [2.45, 2.75) is 50.0 Å². The number of carbonyl (C=O) groups excluding carboxylic acids is 2. The predicted molar refractivity (Wildman–Crippen MR) is 118 cm³/mol. The van der Waals surface area contributed by atoms with E-state index < -0.39 is 17.6 Å². The van der Waals surface area contributed by atoms with Crippen LogP contribution in [0, 0.1) is 0 Å². The van der Waals surface area contributed by atoms with Crippen molar-refractivity contribution in [3.63, 3.8) is 0 Å². The molecule has 34 heavy (non-hydrogen) atoms. The van der Waals surface area contributed by atoms with Crippen LogP contribution >= 0.6 is 0 Å². The number of rotatable bonds is 7. The standard InChI is InChI=1S/C24H27F3N4O3/c25-24(26,27)17-5-3-4-16(12-17)23(33)29-13-21(32)30-18-14-31(15-18)19-7-9-20(10-8-19)34-22-6-1-2-11-28-22/h1-6,11-12,18-20H,7-10,13-15H2,(H,29,33)(H,30,32). The molecular weight excluding hydrogens is 449 g/mol. The van der Waals surface area contributed by atoms with E-state index in [1.165, 1.54) is 12.1 Å². The minimum absolute atomic E-state index is 0.000418. The molecule has 1 aliphatic carbocycles. The van der Waals surface area contributed by atoms with Gasteiger partial charge in [-0.3, -0.25) is 14.5 Å². The number of aromatic nitrogens is 1. The Morgan fingerprint density at radius 2 is 1.82 bits per heavy atom. The summed E-state index contributed by atoms with van der Waals surface area (Å²) in [7, 11) is 0. The topological polar surface area (TPSA) is 83.6 Å². The van der Waals surface area contributed by atoms with Crippen molar-refractivity contribution in [2.75, 3.05) is 19.6 Å². The molecule has 10 heteroatoms. The van der Waals surface area contributed by atoms with Crippen LogP contribution in [-0.4, -0.2) is 59.5 Å². The third kappa shape index (κ3) is 6.25. The average molecular weight is 476 g/mol. The lowest BCUT2D eigenvalue weighted by Gasteiger charge is -2.46. The molecule has 1 saturated carbocycles. The van der Waals surface area contributed by atoms with Gasteiger partial charge in [-0.05, 0) is 49.9 Å². The summed E-state index contributed by atoms with van der Waals surface area (Å²) in [6.07, 6.45) is 1.30. The molecule has 0 spiro atoms. The van der Waals surface area contributed by atoms with Crippen LogP contribution < -0.4 is 15.4 Å². The van der Waals surface area contributed by atoms with Gasteiger partial charge in [0.15, 0.2) is 0 Å². The van der Waals surface area contributed by atoms with E-state index in [1.807, 2.05) is 18.2 Å². The van der Waals surface area contributed by atoms with Gasteiger partial charge in [0.1, 0.15) is 6.10 Å². The van der Waals surface area contributed by atoms with Crippen LogP contribution in [0.4, 0.5) is 13.2 Å². The van der Waals surface area contributed by atoms with E-state index in [1.54, 1.807) is 6.20 Å². The number of nitrogens with zero attached hydrogens (tertiary/aromatic N) is 2. The highest BCUT2D eigenvalue weighted by atomic mass is 19.4. The lowest BCUT2D eigenvalue weighted by molar-refractivity contribution is -0.137. The fraction of sp³-hybridized carbons (Fsp3) is 0.458. The highest BCUT2D eigenvalue weighted by molar-refractivity contribution is 5.96. The fourth-order valence-electron chi connectivity index (χ4n) is 4.40. The predicted octanol–water partition coefficient (Wildman–Crippen LogP) is 3.02. The summed E-state index contributed by atoms with van der Waals surface area (Å²) in [5.74, 6) is -0.434. The van der Waals surface area contributed by atoms with Crippen molar-refractivity contribution in [1.82, 2.24) is 20.5 Å². The molecular formula is C24H27F3N4O3. The van der Waals surface area contributed by atoms with Crippen molar-refractivity contribution in [3.05, 3.63) is 59.8 Å². The van der Waals surface area contributed by atoms with Gasteiger partial charge in [0.2, 0.25) is 11.8 Å². The van der Waals surface area contributed by atoms with Crippen molar-refractivity contribution in [1.29, 1.82) is 0 Å². The Labute approximate surface area is 195 Å². The Kier molecular flexibility index (Phi) is 7.35. The van der Waals surface area contributed by atoms with E-state index >= 15 is 0 Å². The van der Waals surface area contributed by atoms with Crippen LogP contribution in [0.3, 0.4) is 0 Å². The van der Waals surface area contributed by atoms with Gasteiger partial charge in [-0.25, -0.2) is 4.98 Å². The van der Waals surface area contributed by atoms with Gasteiger partial charge in [0.05, 0.1) is 18.2 Å². The van der Waals surface area contributed by atoms with Crippen molar-refractivity contribution < 1.29 is 27.5 Å². The van der Waals surface area contributed by atoms with Crippen LogP contribution in [0.2, 0.25) is 0 Å². The number of alkyl halides is 3. The number of hydrogen-bond acceptors (Lipinski definition) is 5. The second-order valence-electron chi connectivity index (χ2n) is 8.70. The number of amides is 2. The minimum atomic E-state index is -4.53. The number of halogens is 3. The summed E-state index contributed by atoms with van der Waals surface area (Å²) in [4.78, 5) is 30.8. The Bertz CT molecular complexity index is 988. The molecule has 1 saturated heterocycles. The van der Waals surface area contributed by atoms with Crippen molar-refractivity contribution in [2.24, 2.45) is 0 Å². The second-order valence-corrected chi connectivity index (χ2v) is 8.70. The molecule has 2 heterocycles. The first kappa shape index (κ1) is 24.0. The number of nitrogens with one attached hydrogen (secondary N) is 2. The molecule has 2 aromatic rings. The maximum absolute atomic E-state index is 12.8. The van der Waals surface area contributed by atoms with E-state index in [0.29, 0.717) is 11.9 Å². The summed E-state index contributed by atoms with van der Waals surface area (Å²) in [5.41, 5.74) is -1.04. The van der Waals surface area contributed by atoms with Crippen LogP contribution in [0.5, 0.6) is 5.88 Å². The smallest absolute Gasteiger partial charge is 0.416 e. The molecule has 182 valence electrons. The van der Waals surface area contributed by atoms with E-state index in [4.69, 9.17) is 4.74 Å². The van der Waals surface area contributed by atoms with Crippen LogP contribution in [0.25, 0.3) is 0 Å². The van der Waals surface area contributed by atoms with Gasteiger partial charge in [-0.1, -0.05) is 12.1 Å². The van der Waals surface area contributed by atoms with E-state index in [0.717, 1.165) is 50.9 Å². The Balaban J connectivity index is 1.13. The van der Waals surface area contributed by atoms with Crippen LogP contribution in [-0.2, 0) is 11.0 Å². The Morgan fingerprint density at radius 3 is 2.50 bits per heavy atom. The first-order valence-corrected chi connectivity index (χ1v) is 11.3. The van der Waals surface area contributed by atoms with E-state index in [9.17, 15) is 22.8 Å². The first-order chi connectivity index (χ1) is 16.3. The van der Waals surface area contributed by atoms with Crippen molar-refractivity contribution in [3.8, 4) is 5.88 Å². The zero-order chi connectivity index (χ0) is 24.1. The van der Waals surface area contributed by atoms with Gasteiger partial charge in [0, 0.05) is 37.0 Å². The average Bonchev–Trinajstić information content (AvgIpc) is 2.80. The maximum atomic E-state index is 12.8. The third-order valence-electron chi connectivity index (χ3n) is 6.22. The molecule has 0 radical (unpaired) electrons. The number of pyridine rings is 1. The minimum Gasteiger partial charge on any atom is -0.474 e. The van der Waals surface area contributed by atoms with Gasteiger partial charge in [0.25, 0.3) is 5.91 Å². The molecule has 7 nitrogen and oxygen atoms in total. The number of benzene rings is 1. The van der Waals surface area contributed by atoms with Gasteiger partial charge < -0.3 is 15.4 Å². The molecule has 4 rings (SSSR count). The lowest BCUT2D eigenvalue weighted by Crippen LogP contribution is -2.63. The molecule has 2 N–H and O–H groups in total. The molecule has 0 unspecified atom stereocenters. The number of hydrogen-bond donors (Lipinski definition) is 2. The molecule has 0 bridgehead atoms. The summed E-state index contributed by atoms with van der Waals surface area (Å²) < 4.78 is 44.3. The molecule has 1 aliphatic heterocycles. The SMILES string of the molecule is O=C(CNC(=O)c1cccc(C(F)(F)F)c1)NC1CN(C2CCC(Oc3ccccn3)CC2)C1. The van der Waals surface area contributed by atoms with Crippen molar-refractivity contribution >= 4 is 11.8 Å². The zero-order valence-corrected chi connectivity index (χ0v) is 18.6. The lowest BCUT2D eigenvalue weighted by atomic mass is 9.89. The zero-order valence-electron chi connectivity index (χ0n) is 18.6. The van der Waals surface area contributed by atoms with Crippen LogP contribution in [0.1, 0.15) is 41.6 Å². The number of carbonyl (C=O) groups is 2. The highest BCUT2D eigenvalue weighted by Crippen LogP contribution is 2.30. The maximum Gasteiger partial charge on any atom is 0.416 e. The van der Waals surface area contributed by atoms with Gasteiger partial charge in [-0.2, -0.15) is 13.2 Å². The van der Waals surface area contributed by atoms with Gasteiger partial charge in [-0.15, -0.1) is 0 Å². The van der Waals surface area contributed by atoms with E-state index in [-0.39, 0.29) is 30.2 Å². The first-order valence-electron chi connectivity index (χ1n) is 11.3. The monoisotopic (exact) mass is 476 g/mol. The molecule has 0 atom stereocenters. The number of ether oxygens (including phenoxy) is 1. The summed E-state index contributed by atoms with van der Waals surface area (Å²) in [5, 5.41) is 5.24. The fourth-order valence-corrected chi connectivity index (χ4v) is 4.40. The summed E-state index contributed by atoms with van der Waals surface area (Å²) in [6.45, 7) is 1.19. The molecule has 2 amide bonds. The Morgan fingerprint density at radius 1 is 1.06 bits per heavy atom. The summed E-state index contributed by atoms with van der Waals surface area (Å²) in [6, 6.07) is 10.2. The summed E-state index contributed by atoms with van der Waals surface area (Å²) >= 11 is 0.